The lowest BCUT2D eigenvalue weighted by atomic mass is 9.86. The molecule has 0 aromatic carbocycles. The Labute approximate surface area is 121 Å². The first-order chi connectivity index (χ1) is 9.27. The predicted molar refractivity (Wildman–Crippen MR) is 78.6 cm³/mol. The zero-order valence-electron chi connectivity index (χ0n) is 13.3. The first-order valence-electron chi connectivity index (χ1n) is 7.56. The zero-order chi connectivity index (χ0) is 15.4. The fourth-order valence-corrected chi connectivity index (χ4v) is 3.13. The van der Waals surface area contributed by atoms with Gasteiger partial charge in [-0.25, -0.2) is 4.79 Å². The third-order valence-corrected chi connectivity index (χ3v) is 4.43. The van der Waals surface area contributed by atoms with Crippen LogP contribution in [0.4, 0.5) is 4.79 Å². The third-order valence-electron chi connectivity index (χ3n) is 4.43. The minimum Gasteiger partial charge on any atom is -0.481 e. The van der Waals surface area contributed by atoms with Gasteiger partial charge < -0.3 is 14.9 Å². The Morgan fingerprint density at radius 1 is 1.35 bits per heavy atom. The Kier molecular flexibility index (Phi) is 5.84. The molecule has 1 fully saturated rings. The average Bonchev–Trinajstić information content (AvgIpc) is 2.33. The van der Waals surface area contributed by atoms with Gasteiger partial charge in [0.25, 0.3) is 0 Å². The smallest absolute Gasteiger partial charge is 0.320 e. The van der Waals surface area contributed by atoms with Gasteiger partial charge in [0, 0.05) is 25.2 Å². The maximum Gasteiger partial charge on any atom is 0.320 e. The van der Waals surface area contributed by atoms with Crippen molar-refractivity contribution in [2.24, 2.45) is 11.8 Å². The van der Waals surface area contributed by atoms with Crippen LogP contribution in [0.1, 0.15) is 47.5 Å². The molecule has 1 aliphatic heterocycles. The molecule has 20 heavy (non-hydrogen) atoms. The van der Waals surface area contributed by atoms with Crippen molar-refractivity contribution >= 4 is 12.0 Å². The van der Waals surface area contributed by atoms with Crippen LogP contribution in [0.25, 0.3) is 0 Å². The topological polar surface area (TPSA) is 60.9 Å². The summed E-state index contributed by atoms with van der Waals surface area (Å²) < 4.78 is 0. The highest BCUT2D eigenvalue weighted by Crippen LogP contribution is 2.28. The molecule has 0 radical (unpaired) electrons. The summed E-state index contributed by atoms with van der Waals surface area (Å²) in [5, 5.41) is 8.90. The standard InChI is InChI=1S/C15H28N2O3/c1-6-16(12(4)8-14(18)19)15(20)17-9-10(2)7-11(3)13(17)5/h10-13H,6-9H2,1-5H3,(H,18,19). The molecule has 0 aliphatic carbocycles. The highest BCUT2D eigenvalue weighted by molar-refractivity contribution is 5.76. The van der Waals surface area contributed by atoms with E-state index in [9.17, 15) is 9.59 Å². The number of urea groups is 1. The quantitative estimate of drug-likeness (QED) is 0.863. The van der Waals surface area contributed by atoms with Crippen molar-refractivity contribution in [1.82, 2.24) is 9.80 Å². The number of carboxylic acids is 1. The second kappa shape index (κ2) is 6.95. The van der Waals surface area contributed by atoms with Crippen molar-refractivity contribution in [2.45, 2.75) is 59.5 Å². The second-order valence-corrected chi connectivity index (χ2v) is 6.23. The van der Waals surface area contributed by atoms with Crippen molar-refractivity contribution in [3.63, 3.8) is 0 Å². The molecule has 0 aromatic heterocycles. The number of carbonyl (C=O) groups excluding carboxylic acids is 1. The number of rotatable bonds is 4. The van der Waals surface area contributed by atoms with Crippen LogP contribution in [0.15, 0.2) is 0 Å². The van der Waals surface area contributed by atoms with Gasteiger partial charge in [-0.1, -0.05) is 13.8 Å². The van der Waals surface area contributed by atoms with Gasteiger partial charge >= 0.3 is 12.0 Å². The monoisotopic (exact) mass is 284 g/mol. The highest BCUT2D eigenvalue weighted by Gasteiger charge is 2.35. The van der Waals surface area contributed by atoms with Crippen LogP contribution < -0.4 is 0 Å². The number of hydrogen-bond donors (Lipinski definition) is 1. The van der Waals surface area contributed by atoms with Crippen molar-refractivity contribution in [1.29, 1.82) is 0 Å². The maximum absolute atomic E-state index is 12.7. The molecule has 1 rings (SSSR count). The molecule has 0 spiro atoms. The van der Waals surface area contributed by atoms with E-state index in [4.69, 9.17) is 5.11 Å². The summed E-state index contributed by atoms with van der Waals surface area (Å²) in [5.41, 5.74) is 0. The molecule has 1 N–H and O–H groups in total. The Bertz CT molecular complexity index is 359. The van der Waals surface area contributed by atoms with E-state index in [0.717, 1.165) is 13.0 Å². The minimum absolute atomic E-state index is 0.00704. The molecule has 5 heteroatoms. The summed E-state index contributed by atoms with van der Waals surface area (Å²) in [6.07, 6.45) is 1.13. The SMILES string of the molecule is CCN(C(=O)N1CC(C)CC(C)C1C)C(C)CC(=O)O. The van der Waals surface area contributed by atoms with E-state index >= 15 is 0 Å². The van der Waals surface area contributed by atoms with Gasteiger partial charge in [-0.15, -0.1) is 0 Å². The summed E-state index contributed by atoms with van der Waals surface area (Å²) in [6, 6.07) is -0.0818. The van der Waals surface area contributed by atoms with E-state index in [0.29, 0.717) is 18.4 Å². The van der Waals surface area contributed by atoms with E-state index < -0.39 is 5.97 Å². The molecule has 4 atom stereocenters. The van der Waals surface area contributed by atoms with E-state index in [2.05, 4.69) is 20.8 Å². The molecule has 1 aliphatic rings. The first-order valence-corrected chi connectivity index (χ1v) is 7.56. The van der Waals surface area contributed by atoms with Gasteiger partial charge in [-0.05, 0) is 39.0 Å². The van der Waals surface area contributed by atoms with E-state index in [1.807, 2.05) is 11.8 Å². The van der Waals surface area contributed by atoms with Crippen LogP contribution in [0.2, 0.25) is 0 Å². The molecule has 0 saturated carbocycles. The molecular weight excluding hydrogens is 256 g/mol. The molecular formula is C15H28N2O3. The summed E-state index contributed by atoms with van der Waals surface area (Å²) in [5.74, 6) is 0.118. The second-order valence-electron chi connectivity index (χ2n) is 6.23. The van der Waals surface area contributed by atoms with Gasteiger partial charge in [0.2, 0.25) is 0 Å². The molecule has 5 nitrogen and oxygen atoms in total. The van der Waals surface area contributed by atoms with Gasteiger partial charge in [-0.3, -0.25) is 4.79 Å². The maximum atomic E-state index is 12.7. The lowest BCUT2D eigenvalue weighted by Gasteiger charge is -2.44. The Hall–Kier alpha value is -1.26. The lowest BCUT2D eigenvalue weighted by Crippen LogP contribution is -2.55. The average molecular weight is 284 g/mol. The van der Waals surface area contributed by atoms with Crippen molar-refractivity contribution in [3.05, 3.63) is 0 Å². The number of carbonyl (C=O) groups is 2. The van der Waals surface area contributed by atoms with Gasteiger partial charge in [0.15, 0.2) is 0 Å². The normalized spacial score (nSPS) is 28.1. The number of nitrogens with zero attached hydrogens (tertiary/aromatic N) is 2. The highest BCUT2D eigenvalue weighted by atomic mass is 16.4. The number of hydrogen-bond acceptors (Lipinski definition) is 2. The van der Waals surface area contributed by atoms with Crippen LogP contribution >= 0.6 is 0 Å². The largest absolute Gasteiger partial charge is 0.481 e. The van der Waals surface area contributed by atoms with E-state index in [1.165, 1.54) is 0 Å². The molecule has 0 bridgehead atoms. The number of aliphatic carboxylic acids is 1. The van der Waals surface area contributed by atoms with Gasteiger partial charge in [-0.2, -0.15) is 0 Å². The molecule has 0 aromatic rings. The molecule has 1 saturated heterocycles. The van der Waals surface area contributed by atoms with Crippen LogP contribution in [-0.2, 0) is 4.79 Å². The van der Waals surface area contributed by atoms with Crippen molar-refractivity contribution in [3.8, 4) is 0 Å². The summed E-state index contributed by atoms with van der Waals surface area (Å²) >= 11 is 0. The number of carboxylic acid groups (broad SMARTS) is 1. The van der Waals surface area contributed by atoms with Crippen LogP contribution in [0, 0.1) is 11.8 Å². The van der Waals surface area contributed by atoms with Crippen molar-refractivity contribution in [2.75, 3.05) is 13.1 Å². The Morgan fingerprint density at radius 2 is 1.95 bits per heavy atom. The lowest BCUT2D eigenvalue weighted by molar-refractivity contribution is -0.138. The Morgan fingerprint density at radius 3 is 2.45 bits per heavy atom. The van der Waals surface area contributed by atoms with Crippen LogP contribution in [-0.4, -0.2) is 52.1 Å². The fraction of sp³-hybridized carbons (Fsp3) is 0.867. The first kappa shape index (κ1) is 16.8. The third kappa shape index (κ3) is 3.87. The Balaban J connectivity index is 2.81. The molecule has 116 valence electrons. The van der Waals surface area contributed by atoms with E-state index in [1.54, 1.807) is 11.8 Å². The van der Waals surface area contributed by atoms with Gasteiger partial charge in [0.05, 0.1) is 6.42 Å². The molecule has 2 amide bonds. The number of amides is 2. The molecule has 4 unspecified atom stereocenters. The predicted octanol–water partition coefficient (Wildman–Crippen LogP) is 2.66. The van der Waals surface area contributed by atoms with Gasteiger partial charge in [0.1, 0.15) is 0 Å². The minimum atomic E-state index is -0.864. The summed E-state index contributed by atoms with van der Waals surface area (Å²) in [6.45, 7) is 11.4. The fourth-order valence-electron chi connectivity index (χ4n) is 3.13. The van der Waals surface area contributed by atoms with E-state index in [-0.39, 0.29) is 24.5 Å². The summed E-state index contributed by atoms with van der Waals surface area (Å²) in [4.78, 5) is 27.2. The number of piperidine rings is 1. The molecule has 1 heterocycles. The van der Waals surface area contributed by atoms with Crippen LogP contribution in [0.5, 0.6) is 0 Å². The number of likely N-dealkylation sites (tertiary alicyclic amines) is 1. The van der Waals surface area contributed by atoms with Crippen molar-refractivity contribution < 1.29 is 14.7 Å². The summed E-state index contributed by atoms with van der Waals surface area (Å²) in [7, 11) is 0. The zero-order valence-corrected chi connectivity index (χ0v) is 13.3. The van der Waals surface area contributed by atoms with Crippen LogP contribution in [0.3, 0.4) is 0 Å².